The van der Waals surface area contributed by atoms with Crippen molar-refractivity contribution in [1.82, 2.24) is 9.88 Å². The highest BCUT2D eigenvalue weighted by molar-refractivity contribution is 5.86. The molecule has 25 heavy (non-hydrogen) atoms. The lowest BCUT2D eigenvalue weighted by Crippen LogP contribution is -2.50. The van der Waals surface area contributed by atoms with Crippen LogP contribution >= 0.6 is 0 Å². The molecule has 3 fully saturated rings. The molecule has 1 unspecified atom stereocenters. The second-order valence-corrected chi connectivity index (χ2v) is 7.85. The van der Waals surface area contributed by atoms with E-state index in [1.165, 1.54) is 12.3 Å². The van der Waals surface area contributed by atoms with E-state index in [0.29, 0.717) is 6.54 Å². The van der Waals surface area contributed by atoms with Crippen molar-refractivity contribution in [3.63, 3.8) is 0 Å². The quantitative estimate of drug-likeness (QED) is 0.892. The fraction of sp³-hybridized carbons (Fsp3) is 0.684. The minimum atomic E-state index is -0.335. The highest BCUT2D eigenvalue weighted by Gasteiger charge is 2.50. The summed E-state index contributed by atoms with van der Waals surface area (Å²) in [7, 11) is 0. The van der Waals surface area contributed by atoms with E-state index < -0.39 is 0 Å². The number of carbonyl (C=O) groups is 1. The molecule has 1 spiro atoms. The summed E-state index contributed by atoms with van der Waals surface area (Å²) in [6, 6.07) is 3.42. The number of aliphatic hydroxyl groups is 1. The summed E-state index contributed by atoms with van der Waals surface area (Å²) < 4.78 is 13.1. The number of hydrogen-bond acceptors (Lipinski definition) is 4. The summed E-state index contributed by atoms with van der Waals surface area (Å²) in [5.41, 5.74) is -0.315. The molecule has 0 aromatic carbocycles. The fourth-order valence-electron chi connectivity index (χ4n) is 4.83. The molecule has 0 bridgehead atoms. The third kappa shape index (κ3) is 3.12. The molecule has 1 aromatic heterocycles. The molecule has 1 N–H and O–H groups in total. The Balaban J connectivity index is 1.48. The van der Waals surface area contributed by atoms with Crippen LogP contribution in [0.25, 0.3) is 0 Å². The normalized spacial score (nSPS) is 33.3. The van der Waals surface area contributed by atoms with Crippen molar-refractivity contribution in [2.45, 2.75) is 57.1 Å². The molecule has 5 nitrogen and oxygen atoms in total. The summed E-state index contributed by atoms with van der Waals surface area (Å²) in [5, 5.41) is 9.71. The smallest absolute Gasteiger partial charge is 0.230 e. The highest BCUT2D eigenvalue weighted by atomic mass is 19.1. The van der Waals surface area contributed by atoms with Gasteiger partial charge in [-0.1, -0.05) is 0 Å². The van der Waals surface area contributed by atoms with E-state index in [-0.39, 0.29) is 29.3 Å². The third-order valence-electron chi connectivity index (χ3n) is 6.27. The van der Waals surface area contributed by atoms with Gasteiger partial charge in [0.2, 0.25) is 5.91 Å². The summed E-state index contributed by atoms with van der Waals surface area (Å²) in [6.07, 6.45) is 7.24. The molecule has 136 valence electrons. The van der Waals surface area contributed by atoms with Gasteiger partial charge >= 0.3 is 0 Å². The summed E-state index contributed by atoms with van der Waals surface area (Å²) in [5.74, 6) is 0.700. The zero-order valence-electron chi connectivity index (χ0n) is 14.5. The molecule has 1 amide bonds. The van der Waals surface area contributed by atoms with E-state index in [1.54, 1.807) is 6.07 Å². The topological polar surface area (TPSA) is 56.7 Å². The first-order chi connectivity index (χ1) is 12.1. The zero-order valence-corrected chi connectivity index (χ0v) is 14.5. The van der Waals surface area contributed by atoms with Gasteiger partial charge in [0.25, 0.3) is 0 Å². The molecule has 1 atom stereocenters. The molecule has 1 saturated carbocycles. The number of carbonyl (C=O) groups excluding carboxylic acids is 1. The van der Waals surface area contributed by atoms with Crippen molar-refractivity contribution < 1.29 is 14.3 Å². The maximum absolute atomic E-state index is 13.3. The lowest BCUT2D eigenvalue weighted by molar-refractivity contribution is -0.139. The molecule has 1 aromatic rings. The average Bonchev–Trinajstić information content (AvgIpc) is 2.93. The first kappa shape index (κ1) is 16.8. The van der Waals surface area contributed by atoms with Gasteiger partial charge in [0.1, 0.15) is 11.6 Å². The van der Waals surface area contributed by atoms with Gasteiger partial charge in [-0.25, -0.2) is 9.37 Å². The number of halogens is 1. The monoisotopic (exact) mass is 347 g/mol. The van der Waals surface area contributed by atoms with Gasteiger partial charge in [-0.05, 0) is 57.1 Å². The minimum Gasteiger partial charge on any atom is -0.393 e. The SMILES string of the molecule is O=C1N(C2CCC(O)CC2)CCC12CCCN(c1ccc(F)cn1)C2. The van der Waals surface area contributed by atoms with E-state index in [2.05, 4.69) is 14.8 Å². The lowest BCUT2D eigenvalue weighted by Gasteiger charge is -2.41. The Morgan fingerprint density at radius 1 is 1.16 bits per heavy atom. The number of likely N-dealkylation sites (tertiary alicyclic amines) is 1. The Morgan fingerprint density at radius 2 is 1.96 bits per heavy atom. The summed E-state index contributed by atoms with van der Waals surface area (Å²) >= 11 is 0. The predicted molar refractivity (Wildman–Crippen MR) is 92.7 cm³/mol. The number of hydrogen-bond donors (Lipinski definition) is 1. The maximum atomic E-state index is 13.3. The van der Waals surface area contributed by atoms with Crippen molar-refractivity contribution in [3.05, 3.63) is 24.1 Å². The number of pyridine rings is 1. The van der Waals surface area contributed by atoms with Crippen LogP contribution in [0.3, 0.4) is 0 Å². The Labute approximate surface area is 147 Å². The fourth-order valence-corrected chi connectivity index (χ4v) is 4.83. The molecule has 3 aliphatic rings. The second kappa shape index (κ2) is 6.56. The number of nitrogens with zero attached hydrogens (tertiary/aromatic N) is 3. The Bertz CT molecular complexity index is 630. The van der Waals surface area contributed by atoms with Crippen molar-refractivity contribution >= 4 is 11.7 Å². The molecular formula is C19H26FN3O2. The highest BCUT2D eigenvalue weighted by Crippen LogP contribution is 2.43. The number of piperidine rings is 1. The number of anilines is 1. The van der Waals surface area contributed by atoms with Crippen LogP contribution in [0.4, 0.5) is 10.2 Å². The second-order valence-electron chi connectivity index (χ2n) is 7.85. The first-order valence-corrected chi connectivity index (χ1v) is 9.43. The van der Waals surface area contributed by atoms with E-state index >= 15 is 0 Å². The first-order valence-electron chi connectivity index (χ1n) is 9.43. The lowest BCUT2D eigenvalue weighted by atomic mass is 9.78. The van der Waals surface area contributed by atoms with Crippen LogP contribution in [0.2, 0.25) is 0 Å². The third-order valence-corrected chi connectivity index (χ3v) is 6.27. The van der Waals surface area contributed by atoms with Crippen molar-refractivity contribution in [2.24, 2.45) is 5.41 Å². The van der Waals surface area contributed by atoms with Crippen LogP contribution in [0, 0.1) is 11.2 Å². The Morgan fingerprint density at radius 3 is 2.68 bits per heavy atom. The van der Waals surface area contributed by atoms with Crippen molar-refractivity contribution in [2.75, 3.05) is 24.5 Å². The molecule has 2 aliphatic heterocycles. The molecule has 6 heteroatoms. The van der Waals surface area contributed by atoms with Crippen LogP contribution in [-0.4, -0.2) is 52.7 Å². The van der Waals surface area contributed by atoms with Crippen LogP contribution in [0.5, 0.6) is 0 Å². The number of aromatic nitrogens is 1. The van der Waals surface area contributed by atoms with Crippen LogP contribution in [-0.2, 0) is 4.79 Å². The van der Waals surface area contributed by atoms with Crippen LogP contribution in [0.1, 0.15) is 44.9 Å². The standard InChI is InChI=1S/C19H26FN3O2/c20-14-2-7-17(21-12-14)22-10-1-8-19(13-22)9-11-23(18(19)25)15-3-5-16(24)6-4-15/h2,7,12,15-16,24H,1,3-6,8-11,13H2. The molecule has 1 aliphatic carbocycles. The van der Waals surface area contributed by atoms with Crippen LogP contribution in [0.15, 0.2) is 18.3 Å². The molecule has 4 rings (SSSR count). The van der Waals surface area contributed by atoms with E-state index in [0.717, 1.165) is 63.9 Å². The van der Waals surface area contributed by atoms with E-state index in [1.807, 2.05) is 0 Å². The molecular weight excluding hydrogens is 321 g/mol. The van der Waals surface area contributed by atoms with Gasteiger partial charge in [-0.2, -0.15) is 0 Å². The van der Waals surface area contributed by atoms with E-state index in [9.17, 15) is 14.3 Å². The molecule has 2 saturated heterocycles. The predicted octanol–water partition coefficient (Wildman–Crippen LogP) is 2.34. The van der Waals surface area contributed by atoms with Gasteiger partial charge in [-0.15, -0.1) is 0 Å². The van der Waals surface area contributed by atoms with Gasteiger partial charge in [0.15, 0.2) is 0 Å². The van der Waals surface area contributed by atoms with Gasteiger partial charge < -0.3 is 14.9 Å². The number of rotatable bonds is 2. The average molecular weight is 347 g/mol. The minimum absolute atomic E-state index is 0.197. The van der Waals surface area contributed by atoms with Crippen molar-refractivity contribution in [3.8, 4) is 0 Å². The summed E-state index contributed by atoms with van der Waals surface area (Å²) in [4.78, 5) is 21.7. The Kier molecular flexibility index (Phi) is 4.40. The number of aliphatic hydroxyl groups excluding tert-OH is 1. The van der Waals surface area contributed by atoms with Gasteiger partial charge in [-0.3, -0.25) is 4.79 Å². The van der Waals surface area contributed by atoms with Crippen LogP contribution < -0.4 is 4.90 Å². The van der Waals surface area contributed by atoms with Crippen molar-refractivity contribution in [1.29, 1.82) is 0 Å². The molecule has 3 heterocycles. The van der Waals surface area contributed by atoms with Gasteiger partial charge in [0, 0.05) is 25.7 Å². The summed E-state index contributed by atoms with van der Waals surface area (Å²) in [6.45, 7) is 2.36. The Hall–Kier alpha value is -1.69. The zero-order chi connectivity index (χ0) is 17.4. The molecule has 0 radical (unpaired) electrons. The van der Waals surface area contributed by atoms with Gasteiger partial charge in [0.05, 0.1) is 17.7 Å². The van der Waals surface area contributed by atoms with E-state index in [4.69, 9.17) is 0 Å². The number of amides is 1. The maximum Gasteiger partial charge on any atom is 0.230 e. The largest absolute Gasteiger partial charge is 0.393 e.